The smallest absolute Gasteiger partial charge is 0.306 e. The van der Waals surface area contributed by atoms with Crippen molar-refractivity contribution in [3.8, 4) is 11.5 Å². The molecule has 8 atom stereocenters. The van der Waals surface area contributed by atoms with E-state index in [9.17, 15) is 19.8 Å². The van der Waals surface area contributed by atoms with E-state index in [0.29, 0.717) is 11.8 Å². The number of piperidine rings is 1. The number of carbonyl (C=O) groups is 2. The highest BCUT2D eigenvalue weighted by Crippen LogP contribution is 2.78. The Morgan fingerprint density at radius 3 is 2.37 bits per heavy atom. The van der Waals surface area contributed by atoms with Crippen molar-refractivity contribution in [3.05, 3.63) is 23.3 Å². The number of benzene rings is 1. The monoisotopic (exact) mass is 667 g/mol. The van der Waals surface area contributed by atoms with Crippen LogP contribution in [0.15, 0.2) is 12.1 Å². The van der Waals surface area contributed by atoms with Gasteiger partial charge in [-0.15, -0.1) is 12.4 Å². The number of phenolic OH excluding ortho intramolecular Hbond substituents is 1. The van der Waals surface area contributed by atoms with Crippen LogP contribution in [0.3, 0.4) is 0 Å². The van der Waals surface area contributed by atoms with Gasteiger partial charge in [0.2, 0.25) is 0 Å². The molecule has 6 N–H and O–H groups in total. The third kappa shape index (κ3) is 5.04. The molecule has 4 saturated carbocycles. The number of aromatic hydroxyl groups is 1. The highest BCUT2D eigenvalue weighted by Gasteiger charge is 2.82. The van der Waals surface area contributed by atoms with Crippen LogP contribution in [0.4, 0.5) is 0 Å². The van der Waals surface area contributed by atoms with Gasteiger partial charge in [-0.3, -0.25) is 14.5 Å². The highest BCUT2D eigenvalue weighted by molar-refractivity contribution is 5.85. The summed E-state index contributed by atoms with van der Waals surface area (Å²) >= 11 is 0. The van der Waals surface area contributed by atoms with Gasteiger partial charge in [0.1, 0.15) is 11.7 Å². The predicted octanol–water partition coefficient (Wildman–Crippen LogP) is 4.58. The topological polar surface area (TPSA) is 168 Å². The van der Waals surface area contributed by atoms with Crippen molar-refractivity contribution in [1.29, 1.82) is 0 Å². The Hall–Kier alpha value is -2.11. The van der Waals surface area contributed by atoms with Crippen molar-refractivity contribution < 1.29 is 45.0 Å². The van der Waals surface area contributed by atoms with Crippen LogP contribution in [0.2, 0.25) is 0 Å². The third-order valence-corrected chi connectivity index (χ3v) is 13.1. The molecule has 4 bridgehead atoms. The van der Waals surface area contributed by atoms with Crippen LogP contribution in [-0.4, -0.2) is 86.3 Å². The molecule has 8 rings (SSSR count). The lowest BCUT2D eigenvalue weighted by Crippen LogP contribution is -2.83. The Bertz CT molecular complexity index is 1340. The molecule has 5 aliphatic carbocycles. The zero-order valence-corrected chi connectivity index (χ0v) is 28.9. The number of hydrogen-bond acceptors (Lipinski definition) is 7. The lowest BCUT2D eigenvalue weighted by Gasteiger charge is -2.75. The average Bonchev–Trinajstić information content (AvgIpc) is 3.70. The lowest BCUT2D eigenvalue weighted by atomic mass is 9.33. The molecule has 46 heavy (non-hydrogen) atoms. The molecule has 1 aromatic carbocycles. The number of likely N-dealkylation sites (tertiary alicyclic amines) is 1. The largest absolute Gasteiger partial charge is 0.504 e. The molecule has 1 unspecified atom stereocenters. The van der Waals surface area contributed by atoms with Crippen LogP contribution < -0.4 is 4.74 Å². The fraction of sp³-hybridized carbons (Fsp3) is 0.771. The van der Waals surface area contributed by atoms with E-state index in [1.54, 1.807) is 0 Å². The average molecular weight is 668 g/mol. The first-order valence-corrected chi connectivity index (χ1v) is 16.5. The van der Waals surface area contributed by atoms with Gasteiger partial charge in [0.25, 0.3) is 0 Å². The SMILES string of the molecule is CC(CCC(=O)O)C(=O)O.CO[C@@]12CC[C@@]3(C[C@@H]1[C@](C)(O)C(C)(C)C)[C@H]1Cc4ccc(O)c5c4[C@@]3(CCN1CC1CC1)[C@H]2O5.Cl.O. The molecule has 1 aromatic rings. The molecular weight excluding hydrogens is 614 g/mol. The van der Waals surface area contributed by atoms with E-state index >= 15 is 0 Å². The Balaban J connectivity index is 0.000000351. The second-order valence-corrected chi connectivity index (χ2v) is 16.0. The number of methoxy groups -OCH3 is 1. The minimum atomic E-state index is -0.951. The fourth-order valence-corrected chi connectivity index (χ4v) is 10.0. The van der Waals surface area contributed by atoms with E-state index in [-0.39, 0.29) is 64.7 Å². The Labute approximate surface area is 278 Å². The van der Waals surface area contributed by atoms with Gasteiger partial charge in [0.05, 0.1) is 11.5 Å². The summed E-state index contributed by atoms with van der Waals surface area (Å²) in [6, 6.07) is 4.46. The molecule has 2 spiro atoms. The summed E-state index contributed by atoms with van der Waals surface area (Å²) in [6.45, 7) is 12.3. The van der Waals surface area contributed by atoms with Gasteiger partial charge in [-0.05, 0) is 87.8 Å². The van der Waals surface area contributed by atoms with Crippen molar-refractivity contribution >= 4 is 24.3 Å². The maximum Gasteiger partial charge on any atom is 0.306 e. The standard InChI is InChI=1S/C29H41NO4.C6H10O4.ClH.H2O/c1-25(2,3)26(4,32)20-15-27-10-11-29(20,33-5)24-28(27)12-13-30(16-17-6-7-17)21(27)14-18-8-9-19(31)23(34-24)22(18)28;1-4(6(9)10)2-3-5(7)8;;/h8-9,17,20-21,24,31-32H,6-7,10-16H2,1-5H3;4H,2-3H2,1H3,(H,7,8)(H,9,10);1H;1H2/t20-,21-,24-,26+,27-,28+,29+;;;/m1.../s1. The number of nitrogens with zero attached hydrogens (tertiary/aromatic N) is 1. The molecule has 2 heterocycles. The maximum absolute atomic E-state index is 12.2. The molecule has 11 heteroatoms. The van der Waals surface area contributed by atoms with Crippen molar-refractivity contribution in [2.24, 2.45) is 28.6 Å². The number of aliphatic hydroxyl groups is 1. The summed E-state index contributed by atoms with van der Waals surface area (Å²) < 4.78 is 13.5. The van der Waals surface area contributed by atoms with Gasteiger partial charge in [-0.25, -0.2) is 0 Å². The van der Waals surface area contributed by atoms with E-state index in [4.69, 9.17) is 19.7 Å². The number of aliphatic carboxylic acids is 2. The van der Waals surface area contributed by atoms with E-state index in [0.717, 1.165) is 44.6 Å². The molecule has 0 radical (unpaired) electrons. The number of halogens is 1. The lowest BCUT2D eigenvalue weighted by molar-refractivity contribution is -0.312. The van der Waals surface area contributed by atoms with E-state index < -0.39 is 29.1 Å². The number of rotatable bonds is 8. The molecule has 1 saturated heterocycles. The van der Waals surface area contributed by atoms with Gasteiger partial charge in [0.15, 0.2) is 11.5 Å². The van der Waals surface area contributed by atoms with Gasteiger partial charge >= 0.3 is 11.9 Å². The molecule has 5 fully saturated rings. The first-order valence-electron chi connectivity index (χ1n) is 16.5. The minimum Gasteiger partial charge on any atom is -0.504 e. The first kappa shape index (κ1) is 36.7. The summed E-state index contributed by atoms with van der Waals surface area (Å²) in [5, 5.41) is 39.6. The molecule has 2 aliphatic heterocycles. The Kier molecular flexibility index (Phi) is 9.65. The normalized spacial score (nSPS) is 35.2. The number of carboxylic acid groups (broad SMARTS) is 2. The molecule has 260 valence electrons. The number of ether oxygens (including phenoxy) is 2. The van der Waals surface area contributed by atoms with Crippen LogP contribution >= 0.6 is 12.4 Å². The van der Waals surface area contributed by atoms with E-state index in [1.807, 2.05) is 20.1 Å². The minimum absolute atomic E-state index is 0. The predicted molar refractivity (Wildman–Crippen MR) is 175 cm³/mol. The molecule has 10 nitrogen and oxygen atoms in total. The highest BCUT2D eigenvalue weighted by atomic mass is 35.5. The summed E-state index contributed by atoms with van der Waals surface area (Å²) in [7, 11) is 1.83. The van der Waals surface area contributed by atoms with Crippen molar-refractivity contribution in [2.45, 2.75) is 121 Å². The molecular formula is C35H54ClNO9. The van der Waals surface area contributed by atoms with Crippen LogP contribution in [0, 0.1) is 28.6 Å². The number of carboxylic acids is 2. The second kappa shape index (κ2) is 12.1. The number of fused-ring (bicyclic) bond motifs is 2. The second-order valence-electron chi connectivity index (χ2n) is 16.0. The van der Waals surface area contributed by atoms with Crippen LogP contribution in [0.5, 0.6) is 11.5 Å². The molecule has 0 aromatic heterocycles. The van der Waals surface area contributed by atoms with E-state index in [1.165, 1.54) is 37.4 Å². The molecule has 7 aliphatic rings. The summed E-state index contributed by atoms with van der Waals surface area (Å²) in [5.41, 5.74) is 0.783. The quantitative estimate of drug-likeness (QED) is 0.310. The van der Waals surface area contributed by atoms with Crippen molar-refractivity contribution in [2.75, 3.05) is 20.2 Å². The molecule has 0 amide bonds. The van der Waals surface area contributed by atoms with E-state index in [2.05, 4.69) is 31.7 Å². The zero-order valence-electron chi connectivity index (χ0n) is 28.1. The number of phenols is 1. The first-order chi connectivity index (χ1) is 20.6. The Morgan fingerprint density at radius 1 is 1.13 bits per heavy atom. The summed E-state index contributed by atoms with van der Waals surface area (Å²) in [6.07, 6.45) is 7.76. The van der Waals surface area contributed by atoms with Gasteiger partial charge in [0, 0.05) is 48.4 Å². The maximum atomic E-state index is 12.2. The van der Waals surface area contributed by atoms with Crippen molar-refractivity contribution in [3.63, 3.8) is 0 Å². The number of hydrogen-bond donors (Lipinski definition) is 4. The van der Waals surface area contributed by atoms with Gasteiger partial charge in [-0.1, -0.05) is 33.8 Å². The van der Waals surface area contributed by atoms with Gasteiger partial charge < -0.3 is 35.4 Å². The van der Waals surface area contributed by atoms with Crippen LogP contribution in [0.1, 0.15) is 97.1 Å². The third-order valence-electron chi connectivity index (χ3n) is 13.1. The Morgan fingerprint density at radius 2 is 1.80 bits per heavy atom. The van der Waals surface area contributed by atoms with Gasteiger partial charge in [-0.2, -0.15) is 0 Å². The van der Waals surface area contributed by atoms with Crippen molar-refractivity contribution in [1.82, 2.24) is 4.90 Å². The zero-order chi connectivity index (χ0) is 32.0. The van der Waals surface area contributed by atoms with Crippen LogP contribution in [0.25, 0.3) is 0 Å². The fourth-order valence-electron chi connectivity index (χ4n) is 10.0. The summed E-state index contributed by atoms with van der Waals surface area (Å²) in [4.78, 5) is 22.9. The summed E-state index contributed by atoms with van der Waals surface area (Å²) in [5.74, 6) is -0.651. The van der Waals surface area contributed by atoms with Crippen LogP contribution in [-0.2, 0) is 26.2 Å².